The topological polar surface area (TPSA) is 75.4 Å². The van der Waals surface area contributed by atoms with Gasteiger partial charge in [0.25, 0.3) is 0 Å². The monoisotopic (exact) mass is 246 g/mol. The summed E-state index contributed by atoms with van der Waals surface area (Å²) in [6.45, 7) is 2.43. The van der Waals surface area contributed by atoms with Crippen molar-refractivity contribution in [2.45, 2.75) is 13.3 Å². The van der Waals surface area contributed by atoms with Gasteiger partial charge in [-0.05, 0) is 25.1 Å². The van der Waals surface area contributed by atoms with E-state index in [1.165, 1.54) is 6.20 Å². The smallest absolute Gasteiger partial charge is 0.339 e. The van der Waals surface area contributed by atoms with Crippen LogP contribution in [-0.4, -0.2) is 22.6 Å². The Hall–Kier alpha value is -2.30. The molecule has 5 heteroatoms. The molecule has 2 N–H and O–H groups in total. The zero-order chi connectivity index (χ0) is 13.0. The van der Waals surface area contributed by atoms with E-state index in [0.717, 1.165) is 11.5 Å². The van der Waals surface area contributed by atoms with Crippen LogP contribution in [0.3, 0.4) is 0 Å². The van der Waals surface area contributed by atoms with E-state index in [4.69, 9.17) is 9.52 Å². The van der Waals surface area contributed by atoms with Gasteiger partial charge in [-0.3, -0.25) is 4.98 Å². The number of rotatable bonds is 5. The van der Waals surface area contributed by atoms with E-state index in [9.17, 15) is 4.79 Å². The quantitative estimate of drug-likeness (QED) is 0.846. The minimum absolute atomic E-state index is 0.181. The Morgan fingerprint density at radius 2 is 2.39 bits per heavy atom. The molecule has 0 radical (unpaired) electrons. The summed E-state index contributed by atoms with van der Waals surface area (Å²) in [5.41, 5.74) is 1.54. The Bertz CT molecular complexity index is 535. The highest BCUT2D eigenvalue weighted by Crippen LogP contribution is 2.15. The fraction of sp³-hybridized carbons (Fsp3) is 0.231. The van der Waals surface area contributed by atoms with Gasteiger partial charge in [-0.25, -0.2) is 4.79 Å². The van der Waals surface area contributed by atoms with Crippen LogP contribution in [0.15, 0.2) is 35.1 Å². The molecule has 0 aliphatic rings. The van der Waals surface area contributed by atoms with Crippen LogP contribution in [0, 0.1) is 6.92 Å². The molecule has 0 atom stereocenters. The van der Waals surface area contributed by atoms with Gasteiger partial charge in [-0.15, -0.1) is 0 Å². The maximum Gasteiger partial charge on any atom is 0.339 e. The van der Waals surface area contributed by atoms with E-state index in [1.54, 1.807) is 12.3 Å². The lowest BCUT2D eigenvalue weighted by molar-refractivity contribution is 0.0697. The molecular formula is C13H14N2O3. The Labute approximate surface area is 104 Å². The fourth-order valence-corrected chi connectivity index (χ4v) is 1.65. The number of hydrogen-bond acceptors (Lipinski definition) is 4. The molecule has 0 spiro atoms. The fourth-order valence-electron chi connectivity index (χ4n) is 1.65. The van der Waals surface area contributed by atoms with Crippen molar-refractivity contribution in [2.75, 3.05) is 11.9 Å². The van der Waals surface area contributed by atoms with Crippen LogP contribution in [0.5, 0.6) is 0 Å². The van der Waals surface area contributed by atoms with Gasteiger partial charge < -0.3 is 14.8 Å². The van der Waals surface area contributed by atoms with E-state index in [1.807, 2.05) is 19.1 Å². The van der Waals surface area contributed by atoms with Crippen molar-refractivity contribution in [3.8, 4) is 0 Å². The third-order valence-corrected chi connectivity index (χ3v) is 2.54. The first-order chi connectivity index (χ1) is 8.66. The molecule has 5 nitrogen and oxygen atoms in total. The zero-order valence-corrected chi connectivity index (χ0v) is 10.0. The molecule has 2 aromatic rings. The molecule has 94 valence electrons. The second kappa shape index (κ2) is 5.35. The second-order valence-electron chi connectivity index (χ2n) is 3.93. The van der Waals surface area contributed by atoms with Gasteiger partial charge in [0.15, 0.2) is 0 Å². The number of aromatic nitrogens is 1. The standard InChI is InChI=1S/C13H14N2O3/c1-9-7-12(11(8-15-9)13(16)17)14-5-4-10-3-2-6-18-10/h2-3,6-8H,4-5H2,1H3,(H,14,15)(H,16,17). The van der Waals surface area contributed by atoms with Gasteiger partial charge in [-0.1, -0.05) is 0 Å². The summed E-state index contributed by atoms with van der Waals surface area (Å²) < 4.78 is 5.20. The van der Waals surface area contributed by atoms with Crippen molar-refractivity contribution in [1.82, 2.24) is 4.98 Å². The first-order valence-corrected chi connectivity index (χ1v) is 5.63. The summed E-state index contributed by atoms with van der Waals surface area (Å²) in [7, 11) is 0. The lowest BCUT2D eigenvalue weighted by atomic mass is 10.2. The molecule has 0 unspecified atom stereocenters. The van der Waals surface area contributed by atoms with E-state index in [2.05, 4.69) is 10.3 Å². The van der Waals surface area contributed by atoms with Crippen LogP contribution in [0.2, 0.25) is 0 Å². The minimum atomic E-state index is -0.983. The van der Waals surface area contributed by atoms with Gasteiger partial charge in [0.05, 0.1) is 12.0 Å². The van der Waals surface area contributed by atoms with Crippen LogP contribution in [0.25, 0.3) is 0 Å². The molecule has 2 aromatic heterocycles. The second-order valence-corrected chi connectivity index (χ2v) is 3.93. The van der Waals surface area contributed by atoms with Crippen LogP contribution in [0.4, 0.5) is 5.69 Å². The summed E-state index contributed by atoms with van der Waals surface area (Å²) in [5, 5.41) is 12.1. The Balaban J connectivity index is 2.03. The molecule has 0 aromatic carbocycles. The molecule has 0 aliphatic carbocycles. The number of nitrogens with one attached hydrogen (secondary N) is 1. The highest BCUT2D eigenvalue weighted by atomic mass is 16.4. The maximum atomic E-state index is 11.0. The Morgan fingerprint density at radius 3 is 3.06 bits per heavy atom. The van der Waals surface area contributed by atoms with Gasteiger partial charge in [0.1, 0.15) is 11.3 Å². The summed E-state index contributed by atoms with van der Waals surface area (Å²) in [4.78, 5) is 15.0. The minimum Gasteiger partial charge on any atom is -0.478 e. The maximum absolute atomic E-state index is 11.0. The first kappa shape index (κ1) is 12.2. The van der Waals surface area contributed by atoms with Gasteiger partial charge >= 0.3 is 5.97 Å². The predicted molar refractivity (Wildman–Crippen MR) is 66.8 cm³/mol. The number of anilines is 1. The Kier molecular flexibility index (Phi) is 3.62. The molecular weight excluding hydrogens is 232 g/mol. The largest absolute Gasteiger partial charge is 0.478 e. The van der Waals surface area contributed by atoms with E-state index >= 15 is 0 Å². The summed E-state index contributed by atoms with van der Waals surface area (Å²) in [6.07, 6.45) is 3.69. The van der Waals surface area contributed by atoms with Gasteiger partial charge in [0, 0.05) is 24.9 Å². The summed E-state index contributed by atoms with van der Waals surface area (Å²) in [6, 6.07) is 5.44. The van der Waals surface area contributed by atoms with Crippen LogP contribution < -0.4 is 5.32 Å². The van der Waals surface area contributed by atoms with Crippen molar-refractivity contribution >= 4 is 11.7 Å². The third kappa shape index (κ3) is 2.88. The Morgan fingerprint density at radius 1 is 1.56 bits per heavy atom. The predicted octanol–water partition coefficient (Wildman–Crippen LogP) is 2.34. The number of carboxylic acids is 1. The summed E-state index contributed by atoms with van der Waals surface area (Å²) >= 11 is 0. The van der Waals surface area contributed by atoms with E-state index < -0.39 is 5.97 Å². The lowest BCUT2D eigenvalue weighted by Gasteiger charge is -2.09. The average molecular weight is 246 g/mol. The number of pyridine rings is 1. The van der Waals surface area contributed by atoms with Crippen molar-refractivity contribution in [2.24, 2.45) is 0 Å². The molecule has 0 saturated carbocycles. The molecule has 0 fully saturated rings. The van der Waals surface area contributed by atoms with Gasteiger partial charge in [-0.2, -0.15) is 0 Å². The number of carbonyl (C=O) groups is 1. The van der Waals surface area contributed by atoms with Gasteiger partial charge in [0.2, 0.25) is 0 Å². The molecule has 2 heterocycles. The number of aromatic carboxylic acids is 1. The zero-order valence-electron chi connectivity index (χ0n) is 10.0. The molecule has 0 amide bonds. The average Bonchev–Trinajstić information content (AvgIpc) is 2.82. The molecule has 0 bridgehead atoms. The van der Waals surface area contributed by atoms with Crippen LogP contribution >= 0.6 is 0 Å². The van der Waals surface area contributed by atoms with Crippen LogP contribution in [0.1, 0.15) is 21.8 Å². The summed E-state index contributed by atoms with van der Waals surface area (Å²) in [5.74, 6) is -0.117. The molecule has 0 saturated heterocycles. The molecule has 0 aliphatic heterocycles. The van der Waals surface area contributed by atoms with E-state index in [-0.39, 0.29) is 5.56 Å². The number of nitrogens with zero attached hydrogens (tertiary/aromatic N) is 1. The SMILES string of the molecule is Cc1cc(NCCc2ccco2)c(C(=O)O)cn1. The lowest BCUT2D eigenvalue weighted by Crippen LogP contribution is -2.10. The molecule has 18 heavy (non-hydrogen) atoms. The third-order valence-electron chi connectivity index (χ3n) is 2.54. The highest BCUT2D eigenvalue weighted by molar-refractivity contribution is 5.93. The number of hydrogen-bond donors (Lipinski definition) is 2. The highest BCUT2D eigenvalue weighted by Gasteiger charge is 2.10. The molecule has 2 rings (SSSR count). The number of furan rings is 1. The normalized spacial score (nSPS) is 10.3. The van der Waals surface area contributed by atoms with Crippen molar-refractivity contribution in [3.05, 3.63) is 47.7 Å². The number of carboxylic acid groups (broad SMARTS) is 1. The van der Waals surface area contributed by atoms with Crippen LogP contribution in [-0.2, 0) is 6.42 Å². The number of aryl methyl sites for hydroxylation is 1. The first-order valence-electron chi connectivity index (χ1n) is 5.63. The van der Waals surface area contributed by atoms with Crippen molar-refractivity contribution < 1.29 is 14.3 Å². The van der Waals surface area contributed by atoms with E-state index in [0.29, 0.717) is 18.7 Å². The van der Waals surface area contributed by atoms with Crippen molar-refractivity contribution in [1.29, 1.82) is 0 Å². The van der Waals surface area contributed by atoms with Crippen molar-refractivity contribution in [3.63, 3.8) is 0 Å².